The minimum absolute atomic E-state index is 0.356. The normalized spacial score (nSPS) is 15.0. The van der Waals surface area contributed by atoms with Gasteiger partial charge in [0, 0.05) is 26.2 Å². The number of nitrogens with two attached hydrogens (primary N) is 1. The van der Waals surface area contributed by atoms with Crippen LogP contribution in [0.3, 0.4) is 0 Å². The second-order valence-corrected chi connectivity index (χ2v) is 6.43. The lowest BCUT2D eigenvalue weighted by Gasteiger charge is -2.26. The first kappa shape index (κ1) is 17.5. The number of benzene rings is 2. The molecule has 0 radical (unpaired) electrons. The summed E-state index contributed by atoms with van der Waals surface area (Å²) in [6, 6.07) is 14.0. The van der Waals surface area contributed by atoms with E-state index in [1.54, 1.807) is 0 Å². The maximum atomic E-state index is 6.22. The topological polar surface area (TPSA) is 85.5 Å². The van der Waals surface area contributed by atoms with Gasteiger partial charge in [0.1, 0.15) is 17.8 Å². The molecule has 3 aromatic rings. The van der Waals surface area contributed by atoms with E-state index in [4.69, 9.17) is 15.2 Å². The number of nitrogens with zero attached hydrogens (tertiary/aromatic N) is 3. The van der Waals surface area contributed by atoms with E-state index in [9.17, 15) is 0 Å². The summed E-state index contributed by atoms with van der Waals surface area (Å²) in [6.45, 7) is 5.15. The number of ether oxygens (including phenoxy) is 2. The molecule has 2 aromatic carbocycles. The van der Waals surface area contributed by atoms with Crippen LogP contribution in [0, 0.1) is 0 Å². The highest BCUT2D eigenvalue weighted by atomic mass is 16.5. The average molecular weight is 365 g/mol. The van der Waals surface area contributed by atoms with Crippen LogP contribution in [-0.2, 0) is 4.74 Å². The summed E-state index contributed by atoms with van der Waals surface area (Å²) < 4.78 is 11.3. The molecule has 1 saturated heterocycles. The van der Waals surface area contributed by atoms with Crippen LogP contribution >= 0.6 is 0 Å². The maximum Gasteiger partial charge on any atom is 0.248 e. The number of anilines is 2. The molecule has 0 amide bonds. The number of hydrogen-bond donors (Lipinski definition) is 2. The molecule has 0 unspecified atom stereocenters. The van der Waals surface area contributed by atoms with Crippen molar-refractivity contribution in [2.24, 2.45) is 0 Å². The predicted molar refractivity (Wildman–Crippen MR) is 106 cm³/mol. The Morgan fingerprint density at radius 3 is 2.74 bits per heavy atom. The fraction of sp³-hybridized carbons (Fsp3) is 0.300. The van der Waals surface area contributed by atoms with E-state index in [1.165, 1.54) is 6.33 Å². The Bertz CT molecular complexity index is 912. The van der Waals surface area contributed by atoms with Gasteiger partial charge in [0.2, 0.25) is 5.88 Å². The summed E-state index contributed by atoms with van der Waals surface area (Å²) in [5.74, 6) is 1.64. The molecule has 0 atom stereocenters. The highest BCUT2D eigenvalue weighted by Crippen LogP contribution is 2.30. The zero-order valence-electron chi connectivity index (χ0n) is 15.1. The smallest absolute Gasteiger partial charge is 0.248 e. The standard InChI is InChI=1S/C20H23N5O2/c21-18-19(22-7-8-25-9-11-26-12-10-25)23-14-24-20(18)27-17-6-5-15-3-1-2-4-16(15)13-17/h1-6,13-14H,7-12,21H2,(H,22,23,24). The Hall–Kier alpha value is -2.90. The first-order chi connectivity index (χ1) is 13.3. The first-order valence-electron chi connectivity index (χ1n) is 9.11. The lowest BCUT2D eigenvalue weighted by Crippen LogP contribution is -2.39. The number of rotatable bonds is 6. The van der Waals surface area contributed by atoms with Crippen molar-refractivity contribution >= 4 is 22.3 Å². The first-order valence-corrected chi connectivity index (χ1v) is 9.11. The summed E-state index contributed by atoms with van der Waals surface area (Å²) in [5.41, 5.74) is 6.63. The van der Waals surface area contributed by atoms with Crippen LogP contribution < -0.4 is 15.8 Å². The third-order valence-corrected chi connectivity index (χ3v) is 4.61. The number of nitrogens with one attached hydrogen (secondary N) is 1. The van der Waals surface area contributed by atoms with E-state index in [1.807, 2.05) is 36.4 Å². The zero-order valence-corrected chi connectivity index (χ0v) is 15.1. The molecule has 1 aliphatic rings. The van der Waals surface area contributed by atoms with Gasteiger partial charge in [-0.3, -0.25) is 4.90 Å². The Morgan fingerprint density at radius 1 is 1.07 bits per heavy atom. The van der Waals surface area contributed by atoms with Gasteiger partial charge in [-0.15, -0.1) is 0 Å². The van der Waals surface area contributed by atoms with Crippen molar-refractivity contribution in [2.75, 3.05) is 50.4 Å². The fourth-order valence-corrected chi connectivity index (χ4v) is 3.10. The molecule has 3 N–H and O–H groups in total. The number of aromatic nitrogens is 2. The number of hydrogen-bond acceptors (Lipinski definition) is 7. The zero-order chi connectivity index (χ0) is 18.5. The lowest BCUT2D eigenvalue weighted by atomic mass is 10.1. The number of morpholine rings is 1. The van der Waals surface area contributed by atoms with Gasteiger partial charge < -0.3 is 20.5 Å². The van der Waals surface area contributed by atoms with Gasteiger partial charge in [-0.2, -0.15) is 4.98 Å². The summed E-state index contributed by atoms with van der Waals surface area (Å²) in [6.07, 6.45) is 1.46. The minimum atomic E-state index is 0.356. The Balaban J connectivity index is 1.42. The van der Waals surface area contributed by atoms with E-state index in [2.05, 4.69) is 26.3 Å². The third-order valence-electron chi connectivity index (χ3n) is 4.61. The van der Waals surface area contributed by atoms with Crippen LogP contribution in [0.15, 0.2) is 48.8 Å². The molecule has 0 spiro atoms. The van der Waals surface area contributed by atoms with E-state index in [-0.39, 0.29) is 0 Å². The predicted octanol–water partition coefficient (Wildman–Crippen LogP) is 2.75. The minimum Gasteiger partial charge on any atom is -0.437 e. The molecular formula is C20H23N5O2. The van der Waals surface area contributed by atoms with Gasteiger partial charge in [-0.05, 0) is 22.9 Å². The van der Waals surface area contributed by atoms with E-state index < -0.39 is 0 Å². The molecule has 1 aromatic heterocycles. The van der Waals surface area contributed by atoms with Crippen molar-refractivity contribution in [2.45, 2.75) is 0 Å². The summed E-state index contributed by atoms with van der Waals surface area (Å²) in [7, 11) is 0. The van der Waals surface area contributed by atoms with Crippen LogP contribution in [0.25, 0.3) is 10.8 Å². The molecule has 1 fully saturated rings. The second-order valence-electron chi connectivity index (χ2n) is 6.43. The molecule has 7 nitrogen and oxygen atoms in total. The average Bonchev–Trinajstić information content (AvgIpc) is 2.71. The summed E-state index contributed by atoms with van der Waals surface area (Å²) >= 11 is 0. The highest BCUT2D eigenvalue weighted by molar-refractivity contribution is 5.83. The quantitative estimate of drug-likeness (QED) is 0.695. The van der Waals surface area contributed by atoms with Crippen molar-refractivity contribution in [1.82, 2.24) is 14.9 Å². The van der Waals surface area contributed by atoms with E-state index in [0.29, 0.717) is 23.1 Å². The van der Waals surface area contributed by atoms with E-state index >= 15 is 0 Å². The summed E-state index contributed by atoms with van der Waals surface area (Å²) in [5, 5.41) is 5.54. The van der Waals surface area contributed by atoms with Crippen molar-refractivity contribution in [3.63, 3.8) is 0 Å². The third kappa shape index (κ3) is 4.27. The van der Waals surface area contributed by atoms with Crippen molar-refractivity contribution in [3.05, 3.63) is 48.8 Å². The van der Waals surface area contributed by atoms with Crippen LogP contribution in [-0.4, -0.2) is 54.3 Å². The van der Waals surface area contributed by atoms with Gasteiger partial charge in [0.15, 0.2) is 5.82 Å². The molecule has 0 aliphatic carbocycles. The van der Waals surface area contributed by atoms with Crippen LogP contribution in [0.5, 0.6) is 11.6 Å². The maximum absolute atomic E-state index is 6.22. The van der Waals surface area contributed by atoms with Crippen LogP contribution in [0.4, 0.5) is 11.5 Å². The SMILES string of the molecule is Nc1c(NCCN2CCOCC2)ncnc1Oc1ccc2ccccc2c1. The Morgan fingerprint density at radius 2 is 1.89 bits per heavy atom. The molecule has 2 heterocycles. The molecule has 0 bridgehead atoms. The number of fused-ring (bicyclic) bond motifs is 1. The van der Waals surface area contributed by atoms with Gasteiger partial charge in [-0.25, -0.2) is 4.98 Å². The van der Waals surface area contributed by atoms with Gasteiger partial charge in [0.25, 0.3) is 0 Å². The lowest BCUT2D eigenvalue weighted by molar-refractivity contribution is 0.0398. The van der Waals surface area contributed by atoms with Gasteiger partial charge in [0.05, 0.1) is 13.2 Å². The number of nitrogen functional groups attached to an aromatic ring is 1. The van der Waals surface area contributed by atoms with Crippen molar-refractivity contribution in [3.8, 4) is 11.6 Å². The fourth-order valence-electron chi connectivity index (χ4n) is 3.10. The molecule has 140 valence electrons. The second kappa shape index (κ2) is 8.20. The molecule has 1 aliphatic heterocycles. The molecular weight excluding hydrogens is 342 g/mol. The van der Waals surface area contributed by atoms with Crippen molar-refractivity contribution < 1.29 is 9.47 Å². The monoisotopic (exact) mass is 365 g/mol. The van der Waals surface area contributed by atoms with Crippen molar-refractivity contribution in [1.29, 1.82) is 0 Å². The van der Waals surface area contributed by atoms with Gasteiger partial charge >= 0.3 is 0 Å². The molecule has 0 saturated carbocycles. The Labute approximate surface area is 158 Å². The molecule has 7 heteroatoms. The van der Waals surface area contributed by atoms with Crippen LogP contribution in [0.1, 0.15) is 0 Å². The Kier molecular flexibility index (Phi) is 5.32. The molecule has 4 rings (SSSR count). The highest BCUT2D eigenvalue weighted by Gasteiger charge is 2.12. The largest absolute Gasteiger partial charge is 0.437 e. The molecule has 27 heavy (non-hydrogen) atoms. The van der Waals surface area contributed by atoms with Gasteiger partial charge in [-0.1, -0.05) is 30.3 Å². The summed E-state index contributed by atoms with van der Waals surface area (Å²) in [4.78, 5) is 10.8. The van der Waals surface area contributed by atoms with Crippen LogP contribution in [0.2, 0.25) is 0 Å². The van der Waals surface area contributed by atoms with E-state index in [0.717, 1.165) is 50.2 Å².